The molecule has 2 aromatic carbocycles. The number of carbonyl (C=O) groups is 3. The number of ether oxygens (including phenoxy) is 2. The lowest BCUT2D eigenvalue weighted by Gasteiger charge is -2.33. The molecule has 0 unspecified atom stereocenters. The molecule has 2 aromatic rings. The Morgan fingerprint density at radius 2 is 1.58 bits per heavy atom. The van der Waals surface area contributed by atoms with E-state index in [-0.39, 0.29) is 37.6 Å². The highest BCUT2D eigenvalue weighted by Crippen LogP contribution is 2.26. The SMILES string of the molecule is CCOC(=O)CN(C(=O)[C@@H](NC(=O)OCc1ccccc1)C(C)C)C1Cc2ccccc2C1. The molecule has 1 aliphatic carbocycles. The molecule has 33 heavy (non-hydrogen) atoms. The fourth-order valence-electron chi connectivity index (χ4n) is 4.07. The van der Waals surface area contributed by atoms with Crippen LogP contribution in [-0.2, 0) is 38.5 Å². The van der Waals surface area contributed by atoms with Gasteiger partial charge in [-0.2, -0.15) is 0 Å². The predicted molar refractivity (Wildman–Crippen MR) is 124 cm³/mol. The lowest BCUT2D eigenvalue weighted by atomic mass is 10.0. The number of alkyl carbamates (subject to hydrolysis) is 1. The minimum atomic E-state index is -0.827. The second-order valence-electron chi connectivity index (χ2n) is 8.53. The first-order valence-electron chi connectivity index (χ1n) is 11.4. The number of nitrogens with one attached hydrogen (secondary N) is 1. The highest BCUT2D eigenvalue weighted by molar-refractivity contribution is 5.89. The summed E-state index contributed by atoms with van der Waals surface area (Å²) in [4.78, 5) is 40.0. The normalized spacial score (nSPS) is 13.8. The molecule has 0 aliphatic heterocycles. The molecule has 7 nitrogen and oxygen atoms in total. The van der Waals surface area contributed by atoms with Crippen LogP contribution in [0.4, 0.5) is 4.79 Å². The lowest BCUT2D eigenvalue weighted by molar-refractivity contribution is -0.151. The average molecular weight is 453 g/mol. The van der Waals surface area contributed by atoms with E-state index in [4.69, 9.17) is 9.47 Å². The second-order valence-corrected chi connectivity index (χ2v) is 8.53. The van der Waals surface area contributed by atoms with Crippen LogP contribution >= 0.6 is 0 Å². The first-order chi connectivity index (χ1) is 15.9. The van der Waals surface area contributed by atoms with Gasteiger partial charge in [0.15, 0.2) is 0 Å². The first-order valence-corrected chi connectivity index (χ1v) is 11.4. The Bertz CT molecular complexity index is 935. The zero-order valence-corrected chi connectivity index (χ0v) is 19.5. The molecule has 2 amide bonds. The number of hydrogen-bond acceptors (Lipinski definition) is 5. The van der Waals surface area contributed by atoms with Crippen LogP contribution in [0.5, 0.6) is 0 Å². The van der Waals surface area contributed by atoms with Crippen LogP contribution in [-0.4, -0.2) is 48.1 Å². The van der Waals surface area contributed by atoms with Gasteiger partial charge >= 0.3 is 12.1 Å². The van der Waals surface area contributed by atoms with Gasteiger partial charge in [-0.3, -0.25) is 9.59 Å². The molecule has 0 saturated carbocycles. The molecule has 0 fully saturated rings. The molecule has 1 N–H and O–H groups in total. The maximum atomic E-state index is 13.6. The van der Waals surface area contributed by atoms with E-state index in [1.807, 2.05) is 68.4 Å². The molecule has 0 aromatic heterocycles. The van der Waals surface area contributed by atoms with Gasteiger partial charge in [-0.1, -0.05) is 68.4 Å². The van der Waals surface area contributed by atoms with Crippen molar-refractivity contribution >= 4 is 18.0 Å². The minimum absolute atomic E-state index is 0.107. The molecule has 1 atom stereocenters. The number of fused-ring (bicyclic) bond motifs is 1. The maximum absolute atomic E-state index is 13.6. The maximum Gasteiger partial charge on any atom is 0.408 e. The van der Waals surface area contributed by atoms with Crippen LogP contribution in [0, 0.1) is 5.92 Å². The Morgan fingerprint density at radius 3 is 2.15 bits per heavy atom. The van der Waals surface area contributed by atoms with E-state index in [0.717, 1.165) is 5.56 Å². The van der Waals surface area contributed by atoms with Crippen molar-refractivity contribution in [3.8, 4) is 0 Å². The molecule has 0 saturated heterocycles. The summed E-state index contributed by atoms with van der Waals surface area (Å²) in [6, 6.07) is 16.4. The van der Waals surface area contributed by atoms with Crippen LogP contribution in [0.25, 0.3) is 0 Å². The third kappa shape index (κ3) is 6.57. The number of amides is 2. The van der Waals surface area contributed by atoms with Crippen LogP contribution in [0.2, 0.25) is 0 Å². The molecule has 0 heterocycles. The summed E-state index contributed by atoms with van der Waals surface area (Å²) in [6.07, 6.45) is 0.645. The molecule has 7 heteroatoms. The molecule has 3 rings (SSSR count). The summed E-state index contributed by atoms with van der Waals surface area (Å²) < 4.78 is 10.4. The number of nitrogens with zero attached hydrogens (tertiary/aromatic N) is 1. The van der Waals surface area contributed by atoms with Crippen LogP contribution in [0.3, 0.4) is 0 Å². The smallest absolute Gasteiger partial charge is 0.408 e. The van der Waals surface area contributed by atoms with Crippen LogP contribution in [0.1, 0.15) is 37.5 Å². The third-order valence-electron chi connectivity index (χ3n) is 5.78. The summed E-state index contributed by atoms with van der Waals surface area (Å²) in [5, 5.41) is 2.71. The van der Waals surface area contributed by atoms with Gasteiger partial charge in [0, 0.05) is 6.04 Å². The Morgan fingerprint density at radius 1 is 0.970 bits per heavy atom. The van der Waals surface area contributed by atoms with Gasteiger partial charge in [0.25, 0.3) is 0 Å². The minimum Gasteiger partial charge on any atom is -0.465 e. The number of hydrogen-bond donors (Lipinski definition) is 1. The van der Waals surface area contributed by atoms with Gasteiger partial charge in [0.05, 0.1) is 6.61 Å². The molecule has 176 valence electrons. The number of carbonyl (C=O) groups excluding carboxylic acids is 3. The van der Waals surface area contributed by atoms with E-state index in [1.165, 1.54) is 11.1 Å². The van der Waals surface area contributed by atoms with Gasteiger partial charge < -0.3 is 19.7 Å². The van der Waals surface area contributed by atoms with E-state index in [9.17, 15) is 14.4 Å². The lowest BCUT2D eigenvalue weighted by Crippen LogP contribution is -2.55. The Labute approximate surface area is 195 Å². The summed E-state index contributed by atoms with van der Waals surface area (Å²) >= 11 is 0. The van der Waals surface area contributed by atoms with Crippen molar-refractivity contribution < 1.29 is 23.9 Å². The van der Waals surface area contributed by atoms with Crippen LogP contribution < -0.4 is 5.32 Å². The average Bonchev–Trinajstić information content (AvgIpc) is 3.24. The largest absolute Gasteiger partial charge is 0.465 e. The van der Waals surface area contributed by atoms with Crippen molar-refractivity contribution in [3.63, 3.8) is 0 Å². The Balaban J connectivity index is 1.72. The molecular formula is C26H32N2O5. The van der Waals surface area contributed by atoms with Gasteiger partial charge in [0.1, 0.15) is 19.2 Å². The van der Waals surface area contributed by atoms with Crippen molar-refractivity contribution in [2.24, 2.45) is 5.92 Å². The van der Waals surface area contributed by atoms with Crippen molar-refractivity contribution in [2.75, 3.05) is 13.2 Å². The fourth-order valence-corrected chi connectivity index (χ4v) is 4.07. The standard InChI is InChI=1S/C26H32N2O5/c1-4-32-23(29)16-28(22-14-20-12-8-9-13-21(20)15-22)25(30)24(18(2)3)27-26(31)33-17-19-10-6-5-7-11-19/h5-13,18,22,24H,4,14-17H2,1-3H3,(H,27,31)/t24-/m0/s1. The Hall–Kier alpha value is -3.35. The van der Waals surface area contributed by atoms with Crippen molar-refractivity contribution in [1.82, 2.24) is 10.2 Å². The quantitative estimate of drug-likeness (QED) is 0.589. The monoisotopic (exact) mass is 452 g/mol. The molecular weight excluding hydrogens is 420 g/mol. The van der Waals surface area contributed by atoms with Crippen molar-refractivity contribution in [3.05, 3.63) is 71.3 Å². The van der Waals surface area contributed by atoms with Crippen molar-refractivity contribution in [1.29, 1.82) is 0 Å². The van der Waals surface area contributed by atoms with E-state index in [1.54, 1.807) is 11.8 Å². The first kappa shape index (κ1) is 24.3. The van der Waals surface area contributed by atoms with E-state index < -0.39 is 18.1 Å². The van der Waals surface area contributed by atoms with E-state index >= 15 is 0 Å². The second kappa shape index (κ2) is 11.5. The fraction of sp³-hybridized carbons (Fsp3) is 0.423. The highest BCUT2D eigenvalue weighted by atomic mass is 16.5. The van der Waals surface area contributed by atoms with Gasteiger partial charge in [-0.05, 0) is 42.4 Å². The molecule has 0 radical (unpaired) electrons. The Kier molecular flexibility index (Phi) is 8.46. The van der Waals surface area contributed by atoms with Crippen molar-refractivity contribution in [2.45, 2.75) is 52.3 Å². The van der Waals surface area contributed by atoms with E-state index in [2.05, 4.69) is 5.32 Å². The van der Waals surface area contributed by atoms with Crippen LogP contribution in [0.15, 0.2) is 54.6 Å². The number of rotatable bonds is 9. The molecule has 0 bridgehead atoms. The van der Waals surface area contributed by atoms with Gasteiger partial charge in [-0.25, -0.2) is 4.79 Å². The summed E-state index contributed by atoms with van der Waals surface area (Å²) in [5.41, 5.74) is 3.19. The summed E-state index contributed by atoms with van der Waals surface area (Å²) in [6.45, 7) is 5.63. The van der Waals surface area contributed by atoms with Gasteiger partial charge in [-0.15, -0.1) is 0 Å². The van der Waals surface area contributed by atoms with E-state index in [0.29, 0.717) is 12.8 Å². The number of esters is 1. The predicted octanol–water partition coefficient (Wildman–Crippen LogP) is 3.50. The zero-order chi connectivity index (χ0) is 23.8. The topological polar surface area (TPSA) is 84.9 Å². The zero-order valence-electron chi connectivity index (χ0n) is 19.5. The summed E-state index contributed by atoms with van der Waals surface area (Å²) in [7, 11) is 0. The molecule has 0 spiro atoms. The van der Waals surface area contributed by atoms with Gasteiger partial charge in [0.2, 0.25) is 5.91 Å². The highest BCUT2D eigenvalue weighted by Gasteiger charge is 2.37. The number of benzene rings is 2. The molecule has 1 aliphatic rings. The summed E-state index contributed by atoms with van der Waals surface area (Å²) in [5.74, 6) is -0.973. The third-order valence-corrected chi connectivity index (χ3v) is 5.78.